The van der Waals surface area contributed by atoms with Gasteiger partial charge in [-0.1, -0.05) is 17.7 Å². The van der Waals surface area contributed by atoms with Crippen LogP contribution in [0.25, 0.3) is 10.9 Å². The number of aryl methyl sites for hydroxylation is 1. The molecule has 2 heterocycles. The first-order valence-electron chi connectivity index (χ1n) is 8.30. The molecule has 0 bridgehead atoms. The Hall–Kier alpha value is -2.75. The molecule has 4 nitrogen and oxygen atoms in total. The van der Waals surface area contributed by atoms with Gasteiger partial charge in [0.2, 0.25) is 0 Å². The van der Waals surface area contributed by atoms with Crippen molar-refractivity contribution in [2.45, 2.75) is 19.8 Å². The van der Waals surface area contributed by atoms with E-state index in [-0.39, 0.29) is 11.7 Å². The van der Waals surface area contributed by atoms with Crippen molar-refractivity contribution in [3.63, 3.8) is 0 Å². The molecule has 4 heteroatoms. The van der Waals surface area contributed by atoms with Crippen LogP contribution in [0.15, 0.2) is 42.5 Å². The van der Waals surface area contributed by atoms with E-state index >= 15 is 0 Å². The summed E-state index contributed by atoms with van der Waals surface area (Å²) in [5.74, 6) is 0.110. The van der Waals surface area contributed by atoms with Crippen LogP contribution in [0.5, 0.6) is 5.75 Å². The summed E-state index contributed by atoms with van der Waals surface area (Å²) in [5, 5.41) is 10.9. The Morgan fingerprint density at radius 2 is 1.96 bits per heavy atom. The zero-order valence-corrected chi connectivity index (χ0v) is 13.7. The van der Waals surface area contributed by atoms with Gasteiger partial charge in [0.15, 0.2) is 0 Å². The van der Waals surface area contributed by atoms with Crippen molar-refractivity contribution in [3.8, 4) is 5.75 Å². The molecular weight excluding hydrogens is 300 g/mol. The number of aromatic amines is 1. The average molecular weight is 320 g/mol. The molecule has 0 saturated heterocycles. The third kappa shape index (κ3) is 2.54. The molecule has 3 aromatic rings. The number of carbonyl (C=O) groups excluding carboxylic acids is 1. The molecule has 2 aromatic carbocycles. The molecule has 1 aliphatic heterocycles. The van der Waals surface area contributed by atoms with Crippen molar-refractivity contribution in [3.05, 3.63) is 64.8 Å². The van der Waals surface area contributed by atoms with E-state index in [0.29, 0.717) is 18.7 Å². The van der Waals surface area contributed by atoms with Crippen LogP contribution in [0.1, 0.15) is 27.2 Å². The summed E-state index contributed by atoms with van der Waals surface area (Å²) in [6, 6.07) is 13.1. The maximum Gasteiger partial charge on any atom is 0.254 e. The molecule has 0 atom stereocenters. The van der Waals surface area contributed by atoms with Gasteiger partial charge in [0.1, 0.15) is 5.75 Å². The van der Waals surface area contributed by atoms with Crippen molar-refractivity contribution >= 4 is 16.8 Å². The minimum atomic E-state index is -0.0171. The lowest BCUT2D eigenvalue weighted by Crippen LogP contribution is -2.33. The molecule has 0 spiro atoms. The first-order valence-corrected chi connectivity index (χ1v) is 8.30. The van der Waals surface area contributed by atoms with Crippen molar-refractivity contribution < 1.29 is 9.90 Å². The normalized spacial score (nSPS) is 14.5. The number of amides is 1. The Kier molecular flexibility index (Phi) is 3.53. The van der Waals surface area contributed by atoms with E-state index < -0.39 is 0 Å². The van der Waals surface area contributed by atoms with Crippen LogP contribution in [-0.4, -0.2) is 34.0 Å². The summed E-state index contributed by atoms with van der Waals surface area (Å²) in [5.41, 5.74) is 5.54. The lowest BCUT2D eigenvalue weighted by molar-refractivity contribution is 0.0762. The van der Waals surface area contributed by atoms with Crippen LogP contribution < -0.4 is 0 Å². The second-order valence-corrected chi connectivity index (χ2v) is 6.47. The highest BCUT2D eigenvalue weighted by atomic mass is 16.3. The number of benzene rings is 2. The molecule has 2 N–H and O–H groups in total. The molecule has 24 heavy (non-hydrogen) atoms. The van der Waals surface area contributed by atoms with Gasteiger partial charge in [0.05, 0.1) is 0 Å². The predicted molar refractivity (Wildman–Crippen MR) is 94.5 cm³/mol. The lowest BCUT2D eigenvalue weighted by atomic mass is 10.1. The maximum absolute atomic E-state index is 12.7. The van der Waals surface area contributed by atoms with Crippen LogP contribution in [0.3, 0.4) is 0 Å². The van der Waals surface area contributed by atoms with Gasteiger partial charge in [0, 0.05) is 41.7 Å². The standard InChI is InChI=1S/C20H20N2O2/c1-13-5-6-18-17(11-13)16-7-9-22(10-8-19(16)21-18)20(24)14-3-2-4-15(23)12-14/h2-6,11-12,21,23H,7-10H2,1H3. The fraction of sp³-hybridized carbons (Fsp3) is 0.250. The smallest absolute Gasteiger partial charge is 0.254 e. The number of hydrogen-bond donors (Lipinski definition) is 2. The van der Waals surface area contributed by atoms with Gasteiger partial charge in [-0.2, -0.15) is 0 Å². The molecule has 0 unspecified atom stereocenters. The fourth-order valence-corrected chi connectivity index (χ4v) is 3.55. The van der Waals surface area contributed by atoms with Gasteiger partial charge in [-0.3, -0.25) is 4.79 Å². The van der Waals surface area contributed by atoms with E-state index in [1.807, 2.05) is 4.90 Å². The maximum atomic E-state index is 12.7. The topological polar surface area (TPSA) is 56.3 Å². The van der Waals surface area contributed by atoms with Crippen LogP contribution in [-0.2, 0) is 12.8 Å². The number of carbonyl (C=O) groups is 1. The number of aromatic hydroxyl groups is 1. The SMILES string of the molecule is Cc1ccc2[nH]c3c(c2c1)CCN(C(=O)c1cccc(O)c1)CC3. The minimum absolute atomic E-state index is 0.0171. The van der Waals surface area contributed by atoms with Crippen LogP contribution in [0.4, 0.5) is 0 Å². The second kappa shape index (κ2) is 5.71. The van der Waals surface area contributed by atoms with Crippen molar-refractivity contribution in [1.29, 1.82) is 0 Å². The molecule has 4 rings (SSSR count). The van der Waals surface area contributed by atoms with Gasteiger partial charge in [-0.25, -0.2) is 0 Å². The molecule has 122 valence electrons. The van der Waals surface area contributed by atoms with E-state index in [0.717, 1.165) is 12.8 Å². The summed E-state index contributed by atoms with van der Waals surface area (Å²) in [7, 11) is 0. The van der Waals surface area contributed by atoms with Gasteiger partial charge in [0.25, 0.3) is 5.91 Å². The highest BCUT2D eigenvalue weighted by Crippen LogP contribution is 2.27. The first-order chi connectivity index (χ1) is 11.6. The van der Waals surface area contributed by atoms with Crippen molar-refractivity contribution in [2.24, 2.45) is 0 Å². The molecule has 0 saturated carbocycles. The average Bonchev–Trinajstić information content (AvgIpc) is 2.78. The van der Waals surface area contributed by atoms with Gasteiger partial charge in [-0.05, 0) is 49.2 Å². The Labute approximate surface area is 140 Å². The Morgan fingerprint density at radius 1 is 1.12 bits per heavy atom. The largest absolute Gasteiger partial charge is 0.508 e. The van der Waals surface area contributed by atoms with Crippen LogP contribution in [0, 0.1) is 6.92 Å². The van der Waals surface area contributed by atoms with Crippen LogP contribution >= 0.6 is 0 Å². The van der Waals surface area contributed by atoms with Gasteiger partial charge in [-0.15, -0.1) is 0 Å². The third-order valence-corrected chi connectivity index (χ3v) is 4.79. The molecular formula is C20H20N2O2. The fourth-order valence-electron chi connectivity index (χ4n) is 3.55. The predicted octanol–water partition coefficient (Wildman–Crippen LogP) is 3.42. The quantitative estimate of drug-likeness (QED) is 0.722. The van der Waals surface area contributed by atoms with E-state index in [4.69, 9.17) is 0 Å². The molecule has 0 radical (unpaired) electrons. The number of nitrogens with zero attached hydrogens (tertiary/aromatic N) is 1. The number of aromatic nitrogens is 1. The summed E-state index contributed by atoms with van der Waals surface area (Å²) >= 11 is 0. The molecule has 0 aliphatic carbocycles. The first kappa shape index (κ1) is 14.8. The number of rotatable bonds is 1. The van der Waals surface area contributed by atoms with Crippen molar-refractivity contribution in [1.82, 2.24) is 9.88 Å². The number of phenolic OH excluding ortho intramolecular Hbond substituents is 1. The number of phenols is 1. The summed E-state index contributed by atoms with van der Waals surface area (Å²) in [4.78, 5) is 18.1. The Morgan fingerprint density at radius 3 is 2.79 bits per heavy atom. The summed E-state index contributed by atoms with van der Waals surface area (Å²) in [6.07, 6.45) is 1.68. The highest BCUT2D eigenvalue weighted by molar-refractivity contribution is 5.95. The van der Waals surface area contributed by atoms with Crippen molar-refractivity contribution in [2.75, 3.05) is 13.1 Å². The highest BCUT2D eigenvalue weighted by Gasteiger charge is 2.22. The monoisotopic (exact) mass is 320 g/mol. The molecule has 1 aliphatic rings. The van der Waals surface area contributed by atoms with E-state index in [1.54, 1.807) is 18.2 Å². The zero-order chi connectivity index (χ0) is 16.7. The number of hydrogen-bond acceptors (Lipinski definition) is 2. The lowest BCUT2D eigenvalue weighted by Gasteiger charge is -2.20. The van der Waals surface area contributed by atoms with Gasteiger partial charge < -0.3 is 15.0 Å². The van der Waals surface area contributed by atoms with E-state index in [9.17, 15) is 9.90 Å². The Bertz CT molecular complexity index is 927. The number of H-pyrrole nitrogens is 1. The number of nitrogens with one attached hydrogen (secondary N) is 1. The summed E-state index contributed by atoms with van der Waals surface area (Å²) < 4.78 is 0. The third-order valence-electron chi connectivity index (χ3n) is 4.79. The van der Waals surface area contributed by atoms with Crippen LogP contribution in [0.2, 0.25) is 0 Å². The summed E-state index contributed by atoms with van der Waals surface area (Å²) in [6.45, 7) is 3.49. The minimum Gasteiger partial charge on any atom is -0.508 e. The number of fused-ring (bicyclic) bond motifs is 3. The molecule has 1 amide bonds. The molecule has 1 aromatic heterocycles. The second-order valence-electron chi connectivity index (χ2n) is 6.47. The van der Waals surface area contributed by atoms with E-state index in [1.165, 1.54) is 33.8 Å². The Balaban J connectivity index is 1.61. The zero-order valence-electron chi connectivity index (χ0n) is 13.7. The van der Waals surface area contributed by atoms with Gasteiger partial charge >= 0.3 is 0 Å². The van der Waals surface area contributed by atoms with E-state index in [2.05, 4.69) is 30.1 Å². The molecule has 0 fully saturated rings.